The number of hydrazine groups is 1. The van der Waals surface area contributed by atoms with Gasteiger partial charge in [-0.05, 0) is 85.8 Å². The molecular weight excluding hydrogens is 612 g/mol. The van der Waals surface area contributed by atoms with Crippen molar-refractivity contribution in [1.29, 1.82) is 0 Å². The highest BCUT2D eigenvalue weighted by Gasteiger charge is 2.53. The quantitative estimate of drug-likeness (QED) is 0.137. The van der Waals surface area contributed by atoms with Gasteiger partial charge in [-0.1, -0.05) is 46.6 Å². The molecule has 0 radical (unpaired) electrons. The predicted octanol–water partition coefficient (Wildman–Crippen LogP) is 5.98. The van der Waals surface area contributed by atoms with Gasteiger partial charge in [0.25, 0.3) is 17.7 Å². The Labute approximate surface area is 250 Å². The largest absolute Gasteiger partial charge is 0.423 e. The number of carbonyl (C=O) groups excluding carboxylic acids is 5. The molecule has 5 rings (SSSR count). The average molecular weight is 638 g/mol. The SMILES string of the molecule is C[C@@H]1CC[C@H]2C(=O)N(N(CC(=O)c3ccc(OC(=O)c4ccc(Br)cc4)cc3)C(=O)c3ccccc3Cl)C(=O)[C@H]2C1. The second-order valence-corrected chi connectivity index (χ2v) is 11.6. The molecule has 2 fully saturated rings. The Morgan fingerprint density at radius 2 is 1.54 bits per heavy atom. The van der Waals surface area contributed by atoms with Crippen LogP contribution in [-0.2, 0) is 9.59 Å². The van der Waals surface area contributed by atoms with Crippen LogP contribution >= 0.6 is 27.5 Å². The summed E-state index contributed by atoms with van der Waals surface area (Å²) in [6.45, 7) is 1.47. The molecule has 2 aliphatic rings. The summed E-state index contributed by atoms with van der Waals surface area (Å²) in [6, 6.07) is 18.8. The van der Waals surface area contributed by atoms with Gasteiger partial charge in [-0.15, -0.1) is 0 Å². The Morgan fingerprint density at radius 3 is 2.22 bits per heavy atom. The number of rotatable bonds is 7. The maximum atomic E-state index is 13.7. The van der Waals surface area contributed by atoms with Crippen molar-refractivity contribution in [2.24, 2.45) is 17.8 Å². The lowest BCUT2D eigenvalue weighted by atomic mass is 9.76. The maximum Gasteiger partial charge on any atom is 0.343 e. The number of esters is 1. The zero-order valence-electron chi connectivity index (χ0n) is 22.1. The number of ether oxygens (including phenoxy) is 1. The number of halogens is 2. The van der Waals surface area contributed by atoms with Crippen molar-refractivity contribution in [3.63, 3.8) is 0 Å². The Kier molecular flexibility index (Phi) is 8.37. The van der Waals surface area contributed by atoms with Crippen molar-refractivity contribution in [1.82, 2.24) is 10.0 Å². The lowest BCUT2D eigenvalue weighted by Gasteiger charge is -2.30. The van der Waals surface area contributed by atoms with E-state index in [4.69, 9.17) is 16.3 Å². The first-order valence-corrected chi connectivity index (χ1v) is 14.4. The molecule has 3 aromatic carbocycles. The number of benzene rings is 3. The Bertz CT molecular complexity index is 1520. The van der Waals surface area contributed by atoms with E-state index >= 15 is 0 Å². The highest BCUT2D eigenvalue weighted by molar-refractivity contribution is 9.10. The number of hydrogen-bond donors (Lipinski definition) is 0. The summed E-state index contributed by atoms with van der Waals surface area (Å²) in [6.07, 6.45) is 1.91. The molecule has 8 nitrogen and oxygen atoms in total. The van der Waals surface area contributed by atoms with Crippen molar-refractivity contribution in [3.8, 4) is 5.75 Å². The van der Waals surface area contributed by atoms with Gasteiger partial charge in [0.2, 0.25) is 0 Å². The molecule has 0 spiro atoms. The zero-order chi connectivity index (χ0) is 29.3. The molecule has 3 amide bonds. The summed E-state index contributed by atoms with van der Waals surface area (Å²) in [5.41, 5.74) is 0.633. The van der Waals surface area contributed by atoms with E-state index in [1.807, 2.05) is 6.92 Å². The zero-order valence-corrected chi connectivity index (χ0v) is 24.4. The van der Waals surface area contributed by atoms with Gasteiger partial charge in [-0.2, -0.15) is 5.01 Å². The molecule has 41 heavy (non-hydrogen) atoms. The normalized spacial score (nSPS) is 20.0. The first kappa shape index (κ1) is 28.7. The fraction of sp³-hybridized carbons (Fsp3) is 0.258. The minimum Gasteiger partial charge on any atom is -0.423 e. The van der Waals surface area contributed by atoms with Crippen LogP contribution in [0, 0.1) is 17.8 Å². The maximum absolute atomic E-state index is 13.7. The fourth-order valence-electron chi connectivity index (χ4n) is 5.31. The van der Waals surface area contributed by atoms with Gasteiger partial charge in [-0.3, -0.25) is 19.2 Å². The topological polar surface area (TPSA) is 101 Å². The highest BCUT2D eigenvalue weighted by Crippen LogP contribution is 2.41. The molecule has 1 saturated heterocycles. The van der Waals surface area contributed by atoms with E-state index in [9.17, 15) is 24.0 Å². The van der Waals surface area contributed by atoms with Crippen LogP contribution < -0.4 is 4.74 Å². The van der Waals surface area contributed by atoms with Crippen LogP contribution in [0.3, 0.4) is 0 Å². The molecule has 3 aromatic rings. The van der Waals surface area contributed by atoms with Crippen molar-refractivity contribution < 1.29 is 28.7 Å². The van der Waals surface area contributed by atoms with Crippen molar-refractivity contribution in [2.45, 2.75) is 26.2 Å². The second kappa shape index (κ2) is 12.0. The average Bonchev–Trinajstić information content (AvgIpc) is 3.20. The van der Waals surface area contributed by atoms with Gasteiger partial charge in [0, 0.05) is 10.0 Å². The number of hydrogen-bond acceptors (Lipinski definition) is 6. The van der Waals surface area contributed by atoms with E-state index in [1.54, 1.807) is 36.4 Å². The van der Waals surface area contributed by atoms with E-state index in [1.165, 1.54) is 36.4 Å². The number of ketones is 1. The van der Waals surface area contributed by atoms with Gasteiger partial charge >= 0.3 is 5.97 Å². The Morgan fingerprint density at radius 1 is 0.902 bits per heavy atom. The summed E-state index contributed by atoms with van der Waals surface area (Å²) < 4.78 is 6.22. The molecule has 1 aliphatic heterocycles. The van der Waals surface area contributed by atoms with Crippen LogP contribution in [0.15, 0.2) is 77.3 Å². The Balaban J connectivity index is 1.38. The highest BCUT2D eigenvalue weighted by atomic mass is 79.9. The molecule has 3 atom stereocenters. The number of nitrogens with zero attached hydrogens (tertiary/aromatic N) is 2. The molecule has 1 saturated carbocycles. The molecule has 0 N–H and O–H groups in total. The van der Waals surface area contributed by atoms with Crippen LogP contribution in [0.1, 0.15) is 57.3 Å². The lowest BCUT2D eigenvalue weighted by Crippen LogP contribution is -2.52. The van der Waals surface area contributed by atoms with Crippen LogP contribution in [0.25, 0.3) is 0 Å². The van der Waals surface area contributed by atoms with Gasteiger partial charge in [0.05, 0.1) is 28.0 Å². The smallest absolute Gasteiger partial charge is 0.343 e. The summed E-state index contributed by atoms with van der Waals surface area (Å²) in [7, 11) is 0. The minimum atomic E-state index is -0.725. The summed E-state index contributed by atoms with van der Waals surface area (Å²) in [5, 5.41) is 1.90. The Hall–Kier alpha value is -3.82. The van der Waals surface area contributed by atoms with Crippen molar-refractivity contribution in [2.75, 3.05) is 6.54 Å². The first-order chi connectivity index (χ1) is 19.6. The van der Waals surface area contributed by atoms with Crippen LogP contribution in [0.5, 0.6) is 5.75 Å². The van der Waals surface area contributed by atoms with Crippen LogP contribution in [0.4, 0.5) is 0 Å². The van der Waals surface area contributed by atoms with E-state index in [0.29, 0.717) is 18.4 Å². The molecule has 0 bridgehead atoms. The number of carbonyl (C=O) groups is 5. The third kappa shape index (κ3) is 5.96. The fourth-order valence-corrected chi connectivity index (χ4v) is 5.79. The van der Waals surface area contributed by atoms with E-state index in [0.717, 1.165) is 20.9 Å². The summed E-state index contributed by atoms with van der Waals surface area (Å²) in [5.74, 6) is -3.30. The van der Waals surface area contributed by atoms with Crippen molar-refractivity contribution >= 4 is 57.0 Å². The lowest BCUT2D eigenvalue weighted by molar-refractivity contribution is -0.154. The molecule has 1 aliphatic carbocycles. The monoisotopic (exact) mass is 636 g/mol. The van der Waals surface area contributed by atoms with Crippen LogP contribution in [0.2, 0.25) is 5.02 Å². The first-order valence-electron chi connectivity index (χ1n) is 13.2. The number of imide groups is 1. The molecule has 210 valence electrons. The number of amides is 3. The van der Waals surface area contributed by atoms with E-state index < -0.39 is 47.9 Å². The van der Waals surface area contributed by atoms with Gasteiger partial charge in [0.15, 0.2) is 5.78 Å². The molecular formula is C31H26BrClN2O6. The van der Waals surface area contributed by atoms with E-state index in [-0.39, 0.29) is 27.8 Å². The summed E-state index contributed by atoms with van der Waals surface area (Å²) >= 11 is 9.60. The van der Waals surface area contributed by atoms with Crippen LogP contribution in [-0.4, -0.2) is 46.0 Å². The minimum absolute atomic E-state index is 0.0704. The molecule has 0 aromatic heterocycles. The van der Waals surface area contributed by atoms with Gasteiger partial charge in [-0.25, -0.2) is 9.80 Å². The van der Waals surface area contributed by atoms with Gasteiger partial charge in [0.1, 0.15) is 12.3 Å². The standard InChI is InChI=1S/C31H26BrClN2O6/c1-18-6-15-23-25(16-18)30(39)35(29(23)38)34(28(37)24-4-2-3-5-26(24)33)17-27(36)19-9-13-22(14-10-19)41-31(40)20-7-11-21(32)12-8-20/h2-5,7-14,18,23,25H,6,15-17H2,1H3/t18-,23-,25+/m1/s1. The molecule has 10 heteroatoms. The third-order valence-corrected chi connectivity index (χ3v) is 8.36. The second-order valence-electron chi connectivity index (χ2n) is 10.3. The van der Waals surface area contributed by atoms with Gasteiger partial charge < -0.3 is 4.74 Å². The van der Waals surface area contributed by atoms with E-state index in [2.05, 4.69) is 15.9 Å². The predicted molar refractivity (Wildman–Crippen MR) is 154 cm³/mol. The molecule has 1 heterocycles. The molecule has 0 unspecified atom stereocenters. The number of Topliss-reactive ketones (excluding diaryl/α,β-unsaturated/α-hetero) is 1. The van der Waals surface area contributed by atoms with Crippen molar-refractivity contribution in [3.05, 3.63) is 99.0 Å². The number of fused-ring (bicyclic) bond motifs is 1. The summed E-state index contributed by atoms with van der Waals surface area (Å²) in [4.78, 5) is 66.4. The third-order valence-electron chi connectivity index (χ3n) is 7.50.